The van der Waals surface area contributed by atoms with Gasteiger partial charge >= 0.3 is 6.18 Å². The smallest absolute Gasteiger partial charge is 0.424 e. The summed E-state index contributed by atoms with van der Waals surface area (Å²) in [5.41, 5.74) is -0.953. The van der Waals surface area contributed by atoms with E-state index in [1.165, 1.54) is 43.3 Å². The van der Waals surface area contributed by atoms with Crippen molar-refractivity contribution in [1.29, 1.82) is 0 Å². The van der Waals surface area contributed by atoms with Crippen LogP contribution < -0.4 is 26.1 Å². The lowest BCUT2D eigenvalue weighted by atomic mass is 9.81. The number of hydrogen-bond acceptors (Lipinski definition) is 7. The molecule has 0 bridgehead atoms. The molecule has 1 saturated carbocycles. The molecule has 2 aromatic carbocycles. The molecule has 10 nitrogen and oxygen atoms in total. The first-order valence-corrected chi connectivity index (χ1v) is 13.9. The summed E-state index contributed by atoms with van der Waals surface area (Å²) in [4.78, 5) is 44.3. The standard InChI is InChI=1S/C31H26F4N4O6/c1-29(28(36)42)14-44-26-20(29)12-22(38-25(26)15-2-5-18(32)6-3-15)30(43,31(33,34)35)13-37-27(41)17-10-16-4-9-23(40)39-24(16)21(11-17)45-19-7-8-19/h2-6,9-12,19,43H,7-8,13-14H2,1H3,(H2,36,42)(H,37,41)(H,39,40)/t29-,30-/m0/s1. The van der Waals surface area contributed by atoms with Gasteiger partial charge in [0.2, 0.25) is 17.1 Å². The Bertz CT molecular complexity index is 1910. The molecule has 1 aliphatic carbocycles. The number of nitrogens with two attached hydrogens (primary N) is 1. The number of aromatic amines is 1. The zero-order chi connectivity index (χ0) is 32.3. The Labute approximate surface area is 252 Å². The molecule has 2 aromatic heterocycles. The Morgan fingerprint density at radius 2 is 1.87 bits per heavy atom. The summed E-state index contributed by atoms with van der Waals surface area (Å²) >= 11 is 0. The van der Waals surface area contributed by atoms with E-state index in [0.29, 0.717) is 10.9 Å². The van der Waals surface area contributed by atoms with E-state index in [9.17, 15) is 37.1 Å². The van der Waals surface area contributed by atoms with E-state index < -0.39 is 52.6 Å². The number of benzene rings is 2. The number of nitrogens with zero attached hydrogens (tertiary/aromatic N) is 1. The number of fused-ring (bicyclic) bond motifs is 2. The molecule has 5 N–H and O–H groups in total. The lowest BCUT2D eigenvalue weighted by molar-refractivity contribution is -0.265. The summed E-state index contributed by atoms with van der Waals surface area (Å²) in [6, 6.07) is 10.9. The summed E-state index contributed by atoms with van der Waals surface area (Å²) < 4.78 is 69.4. The molecule has 2 aliphatic rings. The van der Waals surface area contributed by atoms with Gasteiger partial charge in [-0.25, -0.2) is 9.37 Å². The highest BCUT2D eigenvalue weighted by atomic mass is 19.4. The second-order valence-corrected chi connectivity index (χ2v) is 11.3. The SMILES string of the molecule is C[C@]1(C(N)=O)COc2c1cc([C@@](O)(CNC(=O)c1cc(OC3CC3)c3[nH]c(=O)ccc3c1)C(F)(F)F)nc2-c1ccc(F)cc1. The number of rotatable bonds is 8. The van der Waals surface area contributed by atoms with Crippen molar-refractivity contribution in [3.63, 3.8) is 0 Å². The number of amides is 2. The fourth-order valence-corrected chi connectivity index (χ4v) is 5.07. The van der Waals surface area contributed by atoms with Crippen LogP contribution in [0.5, 0.6) is 11.5 Å². The van der Waals surface area contributed by atoms with Gasteiger partial charge in [0.15, 0.2) is 0 Å². The van der Waals surface area contributed by atoms with Gasteiger partial charge in [-0.2, -0.15) is 13.2 Å². The number of carbonyl (C=O) groups is 2. The van der Waals surface area contributed by atoms with E-state index in [1.54, 1.807) is 0 Å². The van der Waals surface area contributed by atoms with Crippen molar-refractivity contribution in [3.05, 3.63) is 87.6 Å². The lowest BCUT2D eigenvalue weighted by Gasteiger charge is -2.31. The van der Waals surface area contributed by atoms with E-state index >= 15 is 0 Å². The maximum absolute atomic E-state index is 14.7. The molecule has 1 fully saturated rings. The van der Waals surface area contributed by atoms with Crippen LogP contribution in [-0.2, 0) is 15.8 Å². The maximum atomic E-state index is 14.7. The molecule has 6 rings (SSSR count). The van der Waals surface area contributed by atoms with Crippen LogP contribution in [0.2, 0.25) is 0 Å². The topological polar surface area (TPSA) is 157 Å². The van der Waals surface area contributed by atoms with E-state index in [2.05, 4.69) is 15.3 Å². The number of halogens is 4. The summed E-state index contributed by atoms with van der Waals surface area (Å²) in [7, 11) is 0. The zero-order valence-corrected chi connectivity index (χ0v) is 23.6. The van der Waals surface area contributed by atoms with Crippen LogP contribution in [0.25, 0.3) is 22.2 Å². The van der Waals surface area contributed by atoms with E-state index in [-0.39, 0.29) is 46.6 Å². The van der Waals surface area contributed by atoms with Gasteiger partial charge in [0.05, 0.1) is 23.9 Å². The van der Waals surface area contributed by atoms with Crippen LogP contribution in [0, 0.1) is 5.82 Å². The fourth-order valence-electron chi connectivity index (χ4n) is 5.07. The molecule has 1 aliphatic heterocycles. The molecule has 2 atom stereocenters. The highest BCUT2D eigenvalue weighted by Crippen LogP contribution is 2.47. The molecule has 45 heavy (non-hydrogen) atoms. The molecule has 0 spiro atoms. The largest absolute Gasteiger partial charge is 0.489 e. The number of ether oxygens (including phenoxy) is 2. The van der Waals surface area contributed by atoms with Crippen LogP contribution in [0.3, 0.4) is 0 Å². The third kappa shape index (κ3) is 5.35. The van der Waals surface area contributed by atoms with Gasteiger partial charge in [-0.15, -0.1) is 0 Å². The Kier molecular flexibility index (Phi) is 7.07. The van der Waals surface area contributed by atoms with Crippen molar-refractivity contribution in [2.75, 3.05) is 13.2 Å². The first-order chi connectivity index (χ1) is 21.2. The molecule has 0 saturated heterocycles. The Balaban J connectivity index is 1.40. The third-order valence-corrected chi connectivity index (χ3v) is 8.01. The number of pyridine rings is 2. The number of nitrogens with one attached hydrogen (secondary N) is 2. The normalized spacial score (nSPS) is 19.0. The third-order valence-electron chi connectivity index (χ3n) is 8.01. The van der Waals surface area contributed by atoms with Gasteiger partial charge in [-0.05, 0) is 68.3 Å². The van der Waals surface area contributed by atoms with Crippen molar-refractivity contribution in [3.8, 4) is 22.8 Å². The fraction of sp³-hybridized carbons (Fsp3) is 0.290. The maximum Gasteiger partial charge on any atom is 0.424 e. The predicted octanol–water partition coefficient (Wildman–Crippen LogP) is 3.59. The first kappa shape index (κ1) is 30.1. The number of aliphatic hydroxyl groups is 1. The number of H-pyrrole nitrogens is 1. The van der Waals surface area contributed by atoms with E-state index in [0.717, 1.165) is 31.0 Å². The quantitative estimate of drug-likeness (QED) is 0.218. The van der Waals surface area contributed by atoms with Crippen LogP contribution in [0.1, 0.15) is 41.4 Å². The number of carbonyl (C=O) groups excluding carboxylic acids is 2. The van der Waals surface area contributed by atoms with Crippen LogP contribution in [-0.4, -0.2) is 52.3 Å². The number of primary amides is 1. The van der Waals surface area contributed by atoms with Gasteiger partial charge in [-0.1, -0.05) is 0 Å². The minimum absolute atomic E-state index is 0.0439. The second kappa shape index (κ2) is 10.6. The predicted molar refractivity (Wildman–Crippen MR) is 152 cm³/mol. The zero-order valence-electron chi connectivity index (χ0n) is 23.6. The molecular weight excluding hydrogens is 600 g/mol. The van der Waals surface area contributed by atoms with Crippen molar-refractivity contribution in [2.24, 2.45) is 5.73 Å². The van der Waals surface area contributed by atoms with Crippen molar-refractivity contribution >= 4 is 22.7 Å². The Morgan fingerprint density at radius 1 is 1.16 bits per heavy atom. The lowest BCUT2D eigenvalue weighted by Crippen LogP contribution is -2.51. The molecule has 234 valence electrons. The van der Waals surface area contributed by atoms with Crippen LogP contribution in [0.4, 0.5) is 17.6 Å². The molecule has 2 amide bonds. The average Bonchev–Trinajstić information content (AvgIpc) is 3.75. The second-order valence-electron chi connectivity index (χ2n) is 11.3. The minimum atomic E-state index is -5.38. The molecule has 4 aromatic rings. The number of aromatic nitrogens is 2. The van der Waals surface area contributed by atoms with Crippen molar-refractivity contribution in [1.82, 2.24) is 15.3 Å². The highest BCUT2D eigenvalue weighted by Gasteiger charge is 2.57. The van der Waals surface area contributed by atoms with Crippen LogP contribution in [0.15, 0.2) is 59.4 Å². The molecule has 3 heterocycles. The summed E-state index contributed by atoms with van der Waals surface area (Å²) in [5.74, 6) is -2.35. The average molecular weight is 627 g/mol. The van der Waals surface area contributed by atoms with Gasteiger partial charge in [0, 0.05) is 28.1 Å². The monoisotopic (exact) mass is 626 g/mol. The van der Waals surface area contributed by atoms with Gasteiger partial charge in [-0.3, -0.25) is 14.4 Å². The van der Waals surface area contributed by atoms with Crippen molar-refractivity contribution < 1.29 is 41.7 Å². The first-order valence-electron chi connectivity index (χ1n) is 13.9. The molecular formula is C31H26F4N4O6. The van der Waals surface area contributed by atoms with Gasteiger partial charge < -0.3 is 30.6 Å². The Morgan fingerprint density at radius 3 is 2.51 bits per heavy atom. The minimum Gasteiger partial charge on any atom is -0.489 e. The van der Waals surface area contributed by atoms with Crippen LogP contribution >= 0.6 is 0 Å². The van der Waals surface area contributed by atoms with Crippen molar-refractivity contribution in [2.45, 2.75) is 43.1 Å². The summed E-state index contributed by atoms with van der Waals surface area (Å²) in [5, 5.41) is 13.8. The molecule has 14 heteroatoms. The van der Waals surface area contributed by atoms with Gasteiger partial charge in [0.1, 0.15) is 35.0 Å². The number of hydrogen-bond donors (Lipinski definition) is 4. The molecule has 0 radical (unpaired) electrons. The van der Waals surface area contributed by atoms with Gasteiger partial charge in [0.25, 0.3) is 5.91 Å². The van der Waals surface area contributed by atoms with E-state index in [4.69, 9.17) is 15.2 Å². The molecule has 0 unspecified atom stereocenters. The summed E-state index contributed by atoms with van der Waals surface area (Å²) in [6.07, 6.45) is -3.97. The number of alkyl halides is 3. The van der Waals surface area contributed by atoms with E-state index in [1.807, 2.05) is 0 Å². The summed E-state index contributed by atoms with van der Waals surface area (Å²) in [6.45, 7) is -0.306. The highest BCUT2D eigenvalue weighted by molar-refractivity contribution is 6.00. The Hall–Kier alpha value is -4.98.